The van der Waals surface area contributed by atoms with Crippen LogP contribution in [0.15, 0.2) is 176 Å². The lowest BCUT2D eigenvalue weighted by molar-refractivity contribution is 0.149. The molecule has 0 unspecified atom stereocenters. The van der Waals surface area contributed by atoms with Crippen molar-refractivity contribution in [2.45, 2.75) is 13.1 Å². The van der Waals surface area contributed by atoms with Gasteiger partial charge < -0.3 is 39.6 Å². The standard InChI is InChI=1S/C56H54N12O4Si/c1-69-39-23-19-37(20-24-39)35-59-29-27-57-31-33-71-73(72-34-32-58-28-30-60-36-38-21-25-40(70-2)26-22-38)67-53-45-15-7-8-16-46(45)55(67)65-51-43-13-5-6-14-44(43)52(62-51)66-56-48-18-10-9-17-47(48)54(68(56)73)64-50-42-12-4-3-11-41(42)49(61-50)63-53/h3-26,57-60H,27-36H2,1-2H3. The number of aromatic nitrogens is 2. The van der Waals surface area contributed by atoms with Gasteiger partial charge in [0.25, 0.3) is 0 Å². The summed E-state index contributed by atoms with van der Waals surface area (Å²) in [6, 6.07) is 49.0. The summed E-state index contributed by atoms with van der Waals surface area (Å²) in [7, 11) is -0.913. The zero-order valence-corrected chi connectivity index (χ0v) is 41.6. The summed E-state index contributed by atoms with van der Waals surface area (Å²) in [5.41, 5.74) is 7.10. The van der Waals surface area contributed by atoms with Gasteiger partial charge in [-0.2, -0.15) is 0 Å². The van der Waals surface area contributed by atoms with E-state index in [1.807, 2.05) is 72.8 Å². The van der Waals surface area contributed by atoms with Crippen molar-refractivity contribution in [2.75, 3.05) is 66.7 Å². The monoisotopic (exact) mass is 986 g/mol. The molecule has 0 aliphatic carbocycles. The second-order valence-electron chi connectivity index (χ2n) is 17.9. The van der Waals surface area contributed by atoms with Gasteiger partial charge in [-0.1, -0.05) is 121 Å². The van der Waals surface area contributed by atoms with Crippen molar-refractivity contribution < 1.29 is 18.3 Å². The van der Waals surface area contributed by atoms with E-state index >= 15 is 0 Å². The summed E-state index contributed by atoms with van der Waals surface area (Å²) in [5.74, 6) is 5.07. The van der Waals surface area contributed by atoms with Crippen molar-refractivity contribution in [3.05, 3.63) is 190 Å². The highest BCUT2D eigenvalue weighted by Gasteiger charge is 2.53. The molecular weight excluding hydrogens is 933 g/mol. The lowest BCUT2D eigenvalue weighted by atomic mass is 10.1. The molecule has 366 valence electrons. The molecular formula is C56H54N12O4Si. The quantitative estimate of drug-likeness (QED) is 0.0519. The first-order valence-electron chi connectivity index (χ1n) is 24.7. The van der Waals surface area contributed by atoms with Gasteiger partial charge in [-0.15, -0.1) is 0 Å². The molecule has 12 rings (SSSR count). The van der Waals surface area contributed by atoms with E-state index in [2.05, 4.69) is 103 Å². The Kier molecular flexibility index (Phi) is 13.0. The fourth-order valence-corrected chi connectivity index (χ4v) is 13.1. The molecule has 0 radical (unpaired) electrons. The number of nitrogens with one attached hydrogen (secondary N) is 4. The van der Waals surface area contributed by atoms with Crippen LogP contribution in [0.4, 0.5) is 11.6 Å². The van der Waals surface area contributed by atoms with Crippen LogP contribution in [0.5, 0.6) is 11.5 Å². The van der Waals surface area contributed by atoms with Gasteiger partial charge in [0.05, 0.1) is 27.4 Å². The Balaban J connectivity index is 0.982. The zero-order valence-electron chi connectivity index (χ0n) is 40.6. The van der Waals surface area contributed by atoms with Crippen LogP contribution in [0.25, 0.3) is 21.5 Å². The van der Waals surface area contributed by atoms with E-state index in [1.54, 1.807) is 14.2 Å². The molecule has 0 fully saturated rings. The van der Waals surface area contributed by atoms with Crippen LogP contribution >= 0.6 is 0 Å². The molecule has 16 nitrogen and oxygen atoms in total. The number of rotatable bonds is 20. The Morgan fingerprint density at radius 1 is 0.384 bits per heavy atom. The largest absolute Gasteiger partial charge is 0.603 e. The van der Waals surface area contributed by atoms with Crippen LogP contribution < -0.4 is 41.7 Å². The molecule has 6 heterocycles. The highest BCUT2D eigenvalue weighted by atomic mass is 28.4. The maximum atomic E-state index is 7.67. The second-order valence-corrected chi connectivity index (χ2v) is 20.5. The van der Waals surface area contributed by atoms with E-state index < -0.39 is 8.88 Å². The van der Waals surface area contributed by atoms with Crippen molar-refractivity contribution in [1.82, 2.24) is 29.7 Å². The van der Waals surface area contributed by atoms with Gasteiger partial charge in [0.1, 0.15) is 34.1 Å². The average Bonchev–Trinajstić information content (AvgIpc) is 4.16. The SMILES string of the molecule is COc1ccc(CNCCNCCO[Si]2(OCCNCCNCc3ccc(OC)cc3)n3c4c5ccccc5c3N=C3N=C(N=c5c6ccccc6c(n52)=NC2=NC(=N4)c4ccccc42)c2ccccc23)cc1. The molecule has 4 aliphatic heterocycles. The highest BCUT2D eigenvalue weighted by molar-refractivity contribution is 6.66. The zero-order chi connectivity index (χ0) is 49.1. The van der Waals surface area contributed by atoms with Crippen molar-refractivity contribution in [3.8, 4) is 11.5 Å². The smallest absolute Gasteiger partial charge is 0.497 e. The summed E-state index contributed by atoms with van der Waals surface area (Å²) in [6.45, 7) is 5.96. The Morgan fingerprint density at radius 3 is 1.16 bits per heavy atom. The minimum atomic E-state index is -4.28. The number of fused-ring (bicyclic) bond motifs is 14. The van der Waals surface area contributed by atoms with Crippen molar-refractivity contribution in [2.24, 2.45) is 30.0 Å². The summed E-state index contributed by atoms with van der Waals surface area (Å²) in [6.07, 6.45) is 0. The van der Waals surface area contributed by atoms with Crippen LogP contribution in [-0.4, -0.2) is 107 Å². The molecule has 6 aromatic carbocycles. The highest BCUT2D eigenvalue weighted by Crippen LogP contribution is 2.43. The maximum Gasteiger partial charge on any atom is 0.603 e. The lowest BCUT2D eigenvalue weighted by Gasteiger charge is -2.33. The normalized spacial score (nSPS) is 14.6. The Morgan fingerprint density at radius 2 is 0.753 bits per heavy atom. The van der Waals surface area contributed by atoms with Gasteiger partial charge >= 0.3 is 8.88 Å². The van der Waals surface area contributed by atoms with Crippen LogP contribution in [0, 0.1) is 0 Å². The number of hydrogen-bond donors (Lipinski definition) is 4. The van der Waals surface area contributed by atoms with Crippen LogP contribution in [0.2, 0.25) is 0 Å². The fraction of sp³-hybridized carbons (Fsp3) is 0.214. The van der Waals surface area contributed by atoms with E-state index in [4.69, 9.17) is 48.3 Å². The Bertz CT molecular complexity index is 3410. The summed E-state index contributed by atoms with van der Waals surface area (Å²) in [4.78, 5) is 32.6. The summed E-state index contributed by atoms with van der Waals surface area (Å²) in [5, 5.41) is 17.9. The first kappa shape index (κ1) is 46.3. The number of nitrogens with zero attached hydrogens (tertiary/aromatic N) is 8. The predicted molar refractivity (Wildman–Crippen MR) is 288 cm³/mol. The third kappa shape index (κ3) is 8.80. The minimum absolute atomic E-state index is 0.268. The molecule has 4 N–H and O–H groups in total. The molecule has 2 aromatic heterocycles. The average molecular weight is 987 g/mol. The van der Waals surface area contributed by atoms with Crippen molar-refractivity contribution in [1.29, 1.82) is 0 Å². The van der Waals surface area contributed by atoms with Crippen molar-refractivity contribution >= 4 is 65.4 Å². The van der Waals surface area contributed by atoms with E-state index in [-0.39, 0.29) is 13.2 Å². The predicted octanol–water partition coefficient (Wildman–Crippen LogP) is 6.18. The maximum absolute atomic E-state index is 7.67. The minimum Gasteiger partial charge on any atom is -0.497 e. The lowest BCUT2D eigenvalue weighted by Crippen LogP contribution is -2.64. The van der Waals surface area contributed by atoms with E-state index in [9.17, 15) is 0 Å². The Hall–Kier alpha value is -7.74. The van der Waals surface area contributed by atoms with Gasteiger partial charge in [-0.3, -0.25) is 8.47 Å². The van der Waals surface area contributed by atoms with Crippen molar-refractivity contribution in [3.63, 3.8) is 0 Å². The summed E-state index contributed by atoms with van der Waals surface area (Å²) >= 11 is 0. The number of benzene rings is 6. The number of amidine groups is 4. The first-order chi connectivity index (χ1) is 36.1. The second kappa shape index (κ2) is 20.4. The fourth-order valence-electron chi connectivity index (χ4n) is 9.80. The molecule has 4 aliphatic rings. The third-order valence-electron chi connectivity index (χ3n) is 13.4. The molecule has 73 heavy (non-hydrogen) atoms. The van der Waals surface area contributed by atoms with Gasteiger partial charge in [-0.25, -0.2) is 30.0 Å². The molecule has 0 amide bonds. The number of hydrogen-bond acceptors (Lipinski definition) is 14. The molecule has 0 saturated heterocycles. The molecule has 0 atom stereocenters. The van der Waals surface area contributed by atoms with E-state index in [0.29, 0.717) is 72.1 Å². The molecule has 8 aromatic rings. The van der Waals surface area contributed by atoms with Gasteiger partial charge in [0.2, 0.25) is 0 Å². The number of aliphatic imine (C=N–C) groups is 4. The van der Waals surface area contributed by atoms with Gasteiger partial charge in [0, 0.05) is 96.2 Å². The molecule has 6 bridgehead atoms. The number of methoxy groups -OCH3 is 2. The van der Waals surface area contributed by atoms with Crippen LogP contribution in [0.3, 0.4) is 0 Å². The third-order valence-corrected chi connectivity index (χ3v) is 16.5. The van der Waals surface area contributed by atoms with Crippen LogP contribution in [0.1, 0.15) is 33.4 Å². The molecule has 0 spiro atoms. The topological polar surface area (TPSA) is 169 Å². The number of ether oxygens (including phenoxy) is 2. The first-order valence-corrected chi connectivity index (χ1v) is 26.4. The Labute approximate surface area is 423 Å². The molecule has 0 saturated carbocycles. The van der Waals surface area contributed by atoms with Gasteiger partial charge in [-0.05, 0) is 35.4 Å². The van der Waals surface area contributed by atoms with E-state index in [0.717, 1.165) is 81.5 Å². The van der Waals surface area contributed by atoms with Crippen LogP contribution in [-0.2, 0) is 21.9 Å². The molecule has 17 heteroatoms. The van der Waals surface area contributed by atoms with Gasteiger partial charge in [0.15, 0.2) is 23.3 Å². The van der Waals surface area contributed by atoms with E-state index in [1.165, 1.54) is 11.1 Å². The summed E-state index contributed by atoms with van der Waals surface area (Å²) < 4.78 is 30.3.